The Hall–Kier alpha value is -1.90. The summed E-state index contributed by atoms with van der Waals surface area (Å²) in [6, 6.07) is 6.48. The van der Waals surface area contributed by atoms with E-state index in [9.17, 15) is 13.2 Å². The topological polar surface area (TPSA) is 88.1 Å². The minimum Gasteiger partial charge on any atom is -0.429 e. The van der Waals surface area contributed by atoms with Crippen LogP contribution in [-0.2, 0) is 28.5 Å². The van der Waals surface area contributed by atoms with E-state index in [-0.39, 0.29) is 16.7 Å². The van der Waals surface area contributed by atoms with Crippen molar-refractivity contribution in [2.75, 3.05) is 0 Å². The third-order valence-electron chi connectivity index (χ3n) is 6.80. The average Bonchev–Trinajstić information content (AvgIpc) is 3.40. The molecule has 4 aliphatic rings. The van der Waals surface area contributed by atoms with Crippen LogP contribution in [0.2, 0.25) is 0 Å². The van der Waals surface area contributed by atoms with Crippen LogP contribution in [0.25, 0.3) is 0 Å². The van der Waals surface area contributed by atoms with Gasteiger partial charge < -0.3 is 14.2 Å². The molecule has 8 unspecified atom stereocenters. The van der Waals surface area contributed by atoms with Crippen molar-refractivity contribution in [2.24, 2.45) is 23.7 Å². The van der Waals surface area contributed by atoms with Gasteiger partial charge >= 0.3 is 6.16 Å². The van der Waals surface area contributed by atoms with Gasteiger partial charge in [-0.2, -0.15) is 8.42 Å². The molecule has 0 aromatic heterocycles. The van der Waals surface area contributed by atoms with Gasteiger partial charge in [0.2, 0.25) is 0 Å². The number of carbonyl (C=O) groups is 1. The summed E-state index contributed by atoms with van der Waals surface area (Å²) in [6.45, 7) is 7.13. The van der Waals surface area contributed by atoms with Crippen molar-refractivity contribution in [1.82, 2.24) is 0 Å². The summed E-state index contributed by atoms with van der Waals surface area (Å²) >= 11 is 0. The van der Waals surface area contributed by atoms with Gasteiger partial charge in [-0.15, -0.1) is 0 Å². The quantitative estimate of drug-likeness (QED) is 0.395. The molecule has 0 amide bonds. The molecule has 7 nitrogen and oxygen atoms in total. The van der Waals surface area contributed by atoms with Crippen LogP contribution >= 0.6 is 0 Å². The van der Waals surface area contributed by atoms with Crippen LogP contribution in [0.5, 0.6) is 0 Å². The van der Waals surface area contributed by atoms with Crippen molar-refractivity contribution in [2.45, 2.75) is 69.0 Å². The number of benzene rings is 1. The lowest BCUT2D eigenvalue weighted by Gasteiger charge is -2.37. The van der Waals surface area contributed by atoms with Gasteiger partial charge in [0, 0.05) is 11.8 Å². The second-order valence-electron chi connectivity index (χ2n) is 10.0. The van der Waals surface area contributed by atoms with E-state index in [1.165, 1.54) is 12.1 Å². The molecule has 168 valence electrons. The third kappa shape index (κ3) is 3.58. The lowest BCUT2D eigenvalue weighted by atomic mass is 9.71. The van der Waals surface area contributed by atoms with Crippen LogP contribution in [0.4, 0.5) is 4.79 Å². The van der Waals surface area contributed by atoms with E-state index in [0.29, 0.717) is 11.8 Å². The molecule has 1 aromatic carbocycles. The second-order valence-corrected chi connectivity index (χ2v) is 11.6. The average molecular weight is 449 g/mol. The molecule has 2 aliphatic carbocycles. The Morgan fingerprint density at radius 2 is 1.58 bits per heavy atom. The van der Waals surface area contributed by atoms with Crippen molar-refractivity contribution in [3.05, 3.63) is 42.0 Å². The maximum absolute atomic E-state index is 13.0. The SMILES string of the molecule is Cc1ccc(S(=O)(=O)OC2C(OC(=O)OC(C)(C)C)C3OC2C2C4C=CC(C4)C32)cc1. The van der Waals surface area contributed by atoms with Crippen LogP contribution in [0.15, 0.2) is 41.3 Å². The fraction of sp³-hybridized carbons (Fsp3) is 0.609. The standard InChI is InChI=1S/C23H28O7S/c1-12-5-9-15(10-6-12)31(25,26)30-21-19-17-14-8-7-13(11-14)16(17)18(27-19)20(21)28-22(24)29-23(2,3)4/h5-10,13-14,16-21H,11H2,1-4H3. The van der Waals surface area contributed by atoms with Gasteiger partial charge in [0.05, 0.1) is 11.0 Å². The summed E-state index contributed by atoms with van der Waals surface area (Å²) in [5, 5.41) is 0. The molecule has 3 fully saturated rings. The molecule has 2 heterocycles. The summed E-state index contributed by atoms with van der Waals surface area (Å²) in [7, 11) is -4.06. The highest BCUT2D eigenvalue weighted by Gasteiger charge is 2.69. The Morgan fingerprint density at radius 3 is 2.16 bits per heavy atom. The molecule has 2 aliphatic heterocycles. The van der Waals surface area contributed by atoms with Gasteiger partial charge in [-0.1, -0.05) is 29.8 Å². The van der Waals surface area contributed by atoms with E-state index in [0.717, 1.165) is 12.0 Å². The van der Waals surface area contributed by atoms with E-state index < -0.39 is 46.3 Å². The van der Waals surface area contributed by atoms with Crippen molar-refractivity contribution in [3.63, 3.8) is 0 Å². The highest BCUT2D eigenvalue weighted by Crippen LogP contribution is 2.61. The largest absolute Gasteiger partial charge is 0.509 e. The van der Waals surface area contributed by atoms with E-state index in [1.54, 1.807) is 32.9 Å². The first-order valence-electron chi connectivity index (χ1n) is 10.8. The number of rotatable bonds is 4. The molecular formula is C23H28O7S. The number of fused-ring (bicyclic) bond motifs is 9. The van der Waals surface area contributed by atoms with Crippen LogP contribution in [-0.4, -0.2) is 44.6 Å². The highest BCUT2D eigenvalue weighted by atomic mass is 32.2. The Balaban J connectivity index is 1.43. The first-order valence-corrected chi connectivity index (χ1v) is 12.2. The number of hydrogen-bond acceptors (Lipinski definition) is 7. The molecule has 0 radical (unpaired) electrons. The number of allylic oxidation sites excluding steroid dienone is 2. The normalized spacial score (nSPS) is 37.8. The molecule has 2 saturated heterocycles. The fourth-order valence-electron chi connectivity index (χ4n) is 5.69. The van der Waals surface area contributed by atoms with Crippen LogP contribution in [0.1, 0.15) is 32.8 Å². The van der Waals surface area contributed by atoms with E-state index >= 15 is 0 Å². The van der Waals surface area contributed by atoms with Crippen LogP contribution in [0.3, 0.4) is 0 Å². The number of hydrogen-bond donors (Lipinski definition) is 0. The van der Waals surface area contributed by atoms with Gasteiger partial charge in [0.25, 0.3) is 10.1 Å². The Labute approximate surface area is 182 Å². The van der Waals surface area contributed by atoms with Crippen LogP contribution < -0.4 is 0 Å². The zero-order valence-corrected chi connectivity index (χ0v) is 18.9. The fourth-order valence-corrected chi connectivity index (χ4v) is 6.78. The first kappa shape index (κ1) is 21.0. The van der Waals surface area contributed by atoms with Crippen molar-refractivity contribution in [3.8, 4) is 0 Å². The lowest BCUT2D eigenvalue weighted by molar-refractivity contribution is -0.0713. The maximum Gasteiger partial charge on any atom is 0.509 e. The van der Waals surface area contributed by atoms with E-state index in [1.807, 2.05) is 6.92 Å². The van der Waals surface area contributed by atoms with Gasteiger partial charge in [0.15, 0.2) is 6.10 Å². The predicted molar refractivity (Wildman–Crippen MR) is 111 cm³/mol. The summed E-state index contributed by atoms with van der Waals surface area (Å²) in [6.07, 6.45) is 2.01. The third-order valence-corrected chi connectivity index (χ3v) is 8.12. The zero-order chi connectivity index (χ0) is 22.1. The van der Waals surface area contributed by atoms with E-state index in [2.05, 4.69) is 12.2 Å². The van der Waals surface area contributed by atoms with Gasteiger partial charge in [-0.3, -0.25) is 4.18 Å². The molecule has 1 aromatic rings. The molecule has 5 rings (SSSR count). The molecular weight excluding hydrogens is 420 g/mol. The molecule has 1 saturated carbocycles. The second kappa shape index (κ2) is 7.05. The molecule has 31 heavy (non-hydrogen) atoms. The van der Waals surface area contributed by atoms with Gasteiger partial charge in [-0.25, -0.2) is 4.79 Å². The highest BCUT2D eigenvalue weighted by molar-refractivity contribution is 7.86. The Morgan fingerprint density at radius 1 is 1.00 bits per heavy atom. The smallest absolute Gasteiger partial charge is 0.429 e. The summed E-state index contributed by atoms with van der Waals surface area (Å²) in [4.78, 5) is 12.5. The first-order chi connectivity index (χ1) is 14.5. The zero-order valence-electron chi connectivity index (χ0n) is 18.1. The molecule has 8 atom stereocenters. The molecule has 4 bridgehead atoms. The van der Waals surface area contributed by atoms with Crippen molar-refractivity contribution < 1.29 is 31.6 Å². The number of carbonyl (C=O) groups excluding carboxylic acids is 1. The number of aryl methyl sites for hydroxylation is 1. The van der Waals surface area contributed by atoms with Crippen LogP contribution in [0, 0.1) is 30.6 Å². The molecule has 0 spiro atoms. The summed E-state index contributed by atoms with van der Waals surface area (Å²) < 4.78 is 48.9. The lowest BCUT2D eigenvalue weighted by Crippen LogP contribution is -2.52. The number of ether oxygens (including phenoxy) is 3. The molecule has 0 N–H and O–H groups in total. The summed E-state index contributed by atoms with van der Waals surface area (Å²) in [5.74, 6) is 1.09. The molecule has 8 heteroatoms. The van der Waals surface area contributed by atoms with Crippen molar-refractivity contribution in [1.29, 1.82) is 0 Å². The minimum absolute atomic E-state index is 0.0706. The predicted octanol–water partition coefficient (Wildman–Crippen LogP) is 3.61. The van der Waals surface area contributed by atoms with E-state index in [4.69, 9.17) is 18.4 Å². The Kier molecular flexibility index (Phi) is 4.77. The van der Waals surface area contributed by atoms with Gasteiger partial charge in [0.1, 0.15) is 17.8 Å². The minimum atomic E-state index is -4.06. The van der Waals surface area contributed by atoms with Crippen molar-refractivity contribution >= 4 is 16.3 Å². The maximum atomic E-state index is 13.0. The summed E-state index contributed by atoms with van der Waals surface area (Å²) in [5.41, 5.74) is 0.224. The van der Waals surface area contributed by atoms with Gasteiger partial charge in [-0.05, 0) is 58.1 Å². The Bertz CT molecular complexity index is 1010. The monoisotopic (exact) mass is 448 g/mol.